The minimum Gasteiger partial charge on any atom is -0.323 e. The van der Waals surface area contributed by atoms with Gasteiger partial charge in [-0.15, -0.1) is 0 Å². The van der Waals surface area contributed by atoms with E-state index in [0.29, 0.717) is 0 Å². The van der Waals surface area contributed by atoms with Gasteiger partial charge in [0.05, 0.1) is 7.14 Å². The summed E-state index contributed by atoms with van der Waals surface area (Å²) in [6, 6.07) is 10.3. The molecule has 0 spiro atoms. The molecule has 0 saturated heterocycles. The predicted molar refractivity (Wildman–Crippen MR) is 100 cm³/mol. The fourth-order valence-electron chi connectivity index (χ4n) is 2.98. The summed E-state index contributed by atoms with van der Waals surface area (Å²) in [5.41, 5.74) is 1.22. The van der Waals surface area contributed by atoms with Crippen molar-refractivity contribution in [2.24, 2.45) is 0 Å². The first kappa shape index (κ1) is 19.5. The van der Waals surface area contributed by atoms with Crippen LogP contribution >= 0.6 is 7.14 Å². The van der Waals surface area contributed by atoms with Crippen LogP contribution in [0.3, 0.4) is 0 Å². The third-order valence-electron chi connectivity index (χ3n) is 4.34. The van der Waals surface area contributed by atoms with Gasteiger partial charge < -0.3 is 4.57 Å². The first-order valence-corrected chi connectivity index (χ1v) is 11.8. The Morgan fingerprint density at radius 2 is 1.27 bits per heavy atom. The lowest BCUT2D eigenvalue weighted by atomic mass is 10.1. The van der Waals surface area contributed by atoms with Crippen LogP contribution in [0.15, 0.2) is 30.3 Å². The van der Waals surface area contributed by atoms with Crippen LogP contribution in [-0.2, 0) is 10.7 Å². The molecule has 0 aliphatic rings. The van der Waals surface area contributed by atoms with E-state index in [1.54, 1.807) is 0 Å². The van der Waals surface area contributed by atoms with Crippen molar-refractivity contribution in [1.29, 1.82) is 0 Å². The molecule has 2 heteroatoms. The summed E-state index contributed by atoms with van der Waals surface area (Å²) in [6.07, 6.45) is 15.1. The Morgan fingerprint density at radius 1 is 0.773 bits per heavy atom. The smallest absolute Gasteiger partial charge is 0.0890 e. The summed E-state index contributed by atoms with van der Waals surface area (Å²) < 4.78 is 12.6. The maximum Gasteiger partial charge on any atom is 0.0890 e. The molecule has 0 saturated carbocycles. The lowest BCUT2D eigenvalue weighted by molar-refractivity contribution is 0.556. The maximum atomic E-state index is 12.6. The zero-order valence-corrected chi connectivity index (χ0v) is 15.6. The van der Waals surface area contributed by atoms with E-state index in [4.69, 9.17) is 0 Å². The molecule has 1 rings (SSSR count). The Balaban J connectivity index is 2.00. The SMILES string of the molecule is CCCCCCCCCCCCP(C)(=O)Cc1ccccc1. The van der Waals surface area contributed by atoms with Gasteiger partial charge in [-0.1, -0.05) is 95.0 Å². The van der Waals surface area contributed by atoms with Crippen molar-refractivity contribution in [2.75, 3.05) is 12.8 Å². The first-order valence-electron chi connectivity index (χ1n) is 9.23. The summed E-state index contributed by atoms with van der Waals surface area (Å²) in [4.78, 5) is 0. The quantitative estimate of drug-likeness (QED) is 0.279. The fourth-order valence-corrected chi connectivity index (χ4v) is 5.02. The standard InChI is InChI=1S/C20H35OP/c1-3-4-5-6-7-8-9-10-11-15-18-22(2,21)19-20-16-13-12-14-17-20/h12-14,16-17H,3-11,15,18-19H2,1-2H3. The van der Waals surface area contributed by atoms with Gasteiger partial charge in [0.1, 0.15) is 0 Å². The molecule has 1 aromatic rings. The van der Waals surface area contributed by atoms with Gasteiger partial charge in [-0.2, -0.15) is 0 Å². The lowest BCUT2D eigenvalue weighted by Crippen LogP contribution is -1.93. The van der Waals surface area contributed by atoms with Gasteiger partial charge in [0, 0.05) is 12.3 Å². The second-order valence-electron chi connectivity index (χ2n) is 6.85. The van der Waals surface area contributed by atoms with Crippen molar-refractivity contribution in [3.8, 4) is 0 Å². The third-order valence-corrected chi connectivity index (χ3v) is 6.64. The van der Waals surface area contributed by atoms with E-state index in [2.05, 4.69) is 19.1 Å². The molecule has 0 aromatic heterocycles. The van der Waals surface area contributed by atoms with Crippen molar-refractivity contribution in [3.63, 3.8) is 0 Å². The first-order chi connectivity index (χ1) is 10.6. The maximum absolute atomic E-state index is 12.6. The van der Waals surface area contributed by atoms with Crippen LogP contribution < -0.4 is 0 Å². The molecule has 0 aliphatic heterocycles. The second kappa shape index (κ2) is 11.9. The Bertz CT molecular complexity index is 413. The van der Waals surface area contributed by atoms with Crippen LogP contribution in [0.5, 0.6) is 0 Å². The molecule has 0 heterocycles. The van der Waals surface area contributed by atoms with Crippen LogP contribution in [0.1, 0.15) is 76.7 Å². The lowest BCUT2D eigenvalue weighted by Gasteiger charge is -2.13. The fraction of sp³-hybridized carbons (Fsp3) is 0.700. The Labute approximate surface area is 138 Å². The molecule has 0 N–H and O–H groups in total. The van der Waals surface area contributed by atoms with E-state index in [0.717, 1.165) is 18.7 Å². The van der Waals surface area contributed by atoms with Crippen LogP contribution in [0, 0.1) is 0 Å². The van der Waals surface area contributed by atoms with Gasteiger partial charge in [0.25, 0.3) is 0 Å². The van der Waals surface area contributed by atoms with Crippen molar-refractivity contribution in [3.05, 3.63) is 35.9 Å². The average molecular weight is 322 g/mol. The van der Waals surface area contributed by atoms with Crippen molar-refractivity contribution in [2.45, 2.75) is 77.3 Å². The van der Waals surface area contributed by atoms with Gasteiger partial charge in [-0.3, -0.25) is 0 Å². The highest BCUT2D eigenvalue weighted by atomic mass is 31.2. The number of benzene rings is 1. The third kappa shape index (κ3) is 10.2. The van der Waals surface area contributed by atoms with E-state index in [1.807, 2.05) is 24.9 Å². The molecular formula is C20H35OP. The summed E-state index contributed by atoms with van der Waals surface area (Å²) in [5, 5.41) is 0. The van der Waals surface area contributed by atoms with Gasteiger partial charge in [0.15, 0.2) is 0 Å². The second-order valence-corrected chi connectivity index (χ2v) is 10.2. The summed E-state index contributed by atoms with van der Waals surface area (Å²) >= 11 is 0. The molecule has 0 amide bonds. The summed E-state index contributed by atoms with van der Waals surface area (Å²) in [7, 11) is -1.99. The zero-order valence-electron chi connectivity index (χ0n) is 14.7. The normalized spacial score (nSPS) is 13.9. The molecular weight excluding hydrogens is 287 g/mol. The van der Waals surface area contributed by atoms with E-state index < -0.39 is 7.14 Å². The van der Waals surface area contributed by atoms with Crippen molar-refractivity contribution in [1.82, 2.24) is 0 Å². The molecule has 0 aliphatic carbocycles. The molecule has 126 valence electrons. The largest absolute Gasteiger partial charge is 0.323 e. The highest BCUT2D eigenvalue weighted by Gasteiger charge is 2.15. The topological polar surface area (TPSA) is 17.1 Å². The van der Waals surface area contributed by atoms with E-state index in [9.17, 15) is 4.57 Å². The number of hydrogen-bond acceptors (Lipinski definition) is 1. The minimum absolute atomic E-state index is 0.769. The highest BCUT2D eigenvalue weighted by molar-refractivity contribution is 7.62. The van der Waals surface area contributed by atoms with Crippen molar-refractivity contribution < 1.29 is 4.57 Å². The van der Waals surface area contributed by atoms with E-state index >= 15 is 0 Å². The van der Waals surface area contributed by atoms with Gasteiger partial charge in [-0.05, 0) is 18.6 Å². The monoisotopic (exact) mass is 322 g/mol. The zero-order chi connectivity index (χ0) is 16.1. The molecule has 0 radical (unpaired) electrons. The van der Waals surface area contributed by atoms with Crippen molar-refractivity contribution >= 4 is 7.14 Å². The Morgan fingerprint density at radius 3 is 1.82 bits per heavy atom. The average Bonchev–Trinajstić information content (AvgIpc) is 2.49. The van der Waals surface area contributed by atoms with Crippen LogP contribution in [0.25, 0.3) is 0 Å². The van der Waals surface area contributed by atoms with Crippen LogP contribution in [0.4, 0.5) is 0 Å². The van der Waals surface area contributed by atoms with Gasteiger partial charge in [0.2, 0.25) is 0 Å². The Hall–Kier alpha value is -0.550. The van der Waals surface area contributed by atoms with Gasteiger partial charge >= 0.3 is 0 Å². The molecule has 0 bridgehead atoms. The van der Waals surface area contributed by atoms with E-state index in [1.165, 1.54) is 63.4 Å². The number of rotatable bonds is 13. The minimum atomic E-state index is -1.99. The molecule has 22 heavy (non-hydrogen) atoms. The molecule has 1 unspecified atom stereocenters. The van der Waals surface area contributed by atoms with Crippen LogP contribution in [-0.4, -0.2) is 12.8 Å². The highest BCUT2D eigenvalue weighted by Crippen LogP contribution is 2.45. The molecule has 1 atom stereocenters. The molecule has 1 nitrogen and oxygen atoms in total. The van der Waals surface area contributed by atoms with E-state index in [-0.39, 0.29) is 0 Å². The summed E-state index contributed by atoms with van der Waals surface area (Å²) in [6.45, 7) is 4.25. The number of unbranched alkanes of at least 4 members (excludes halogenated alkanes) is 9. The molecule has 1 aromatic carbocycles. The predicted octanol–water partition coefficient (Wildman–Crippen LogP) is 7.10. The molecule has 0 fully saturated rings. The van der Waals surface area contributed by atoms with Crippen LogP contribution in [0.2, 0.25) is 0 Å². The number of hydrogen-bond donors (Lipinski definition) is 0. The Kier molecular flexibility index (Phi) is 10.6. The summed E-state index contributed by atoms with van der Waals surface area (Å²) in [5.74, 6) is 0. The van der Waals surface area contributed by atoms with Gasteiger partial charge in [-0.25, -0.2) is 0 Å².